The summed E-state index contributed by atoms with van der Waals surface area (Å²) in [5.41, 5.74) is 5.64. The van der Waals surface area contributed by atoms with E-state index in [2.05, 4.69) is 14.8 Å². The van der Waals surface area contributed by atoms with Gasteiger partial charge in [0.2, 0.25) is 0 Å². The molecule has 2 saturated heterocycles. The number of thiazole rings is 1. The largest absolute Gasteiger partial charge is 0.345 e. The van der Waals surface area contributed by atoms with Gasteiger partial charge >= 0.3 is 0 Å². The van der Waals surface area contributed by atoms with E-state index in [1.807, 2.05) is 6.20 Å². The van der Waals surface area contributed by atoms with Crippen molar-refractivity contribution >= 4 is 16.5 Å². The highest BCUT2D eigenvalue weighted by Crippen LogP contribution is 2.27. The lowest BCUT2D eigenvalue weighted by atomic mass is 10.00. The molecule has 1 aromatic rings. The highest BCUT2D eigenvalue weighted by Gasteiger charge is 2.29. The Morgan fingerprint density at radius 2 is 2.29 bits per heavy atom. The maximum atomic E-state index is 5.64. The van der Waals surface area contributed by atoms with Crippen LogP contribution in [-0.4, -0.2) is 42.1 Å². The predicted molar refractivity (Wildman–Crippen MR) is 71.4 cm³/mol. The molecular weight excluding hydrogens is 232 g/mol. The van der Waals surface area contributed by atoms with Gasteiger partial charge < -0.3 is 10.6 Å². The van der Waals surface area contributed by atoms with Crippen molar-refractivity contribution in [2.24, 2.45) is 5.73 Å². The minimum atomic E-state index is 0.612. The SMILES string of the molecule is NCc1cnc(N2CCN3CCCCC3C2)s1. The van der Waals surface area contributed by atoms with Crippen LogP contribution in [0.5, 0.6) is 0 Å². The average molecular weight is 252 g/mol. The standard InChI is InChI=1S/C12H20N4S/c13-7-11-8-14-12(17-11)16-6-5-15-4-2-1-3-10(15)9-16/h8,10H,1-7,9,13H2. The number of hydrogen-bond acceptors (Lipinski definition) is 5. The summed E-state index contributed by atoms with van der Waals surface area (Å²) in [4.78, 5) is 10.8. The Morgan fingerprint density at radius 3 is 3.12 bits per heavy atom. The van der Waals surface area contributed by atoms with Crippen LogP contribution in [0.25, 0.3) is 0 Å². The average Bonchev–Trinajstić information content (AvgIpc) is 2.87. The zero-order chi connectivity index (χ0) is 11.7. The second-order valence-corrected chi connectivity index (χ2v) is 6.04. The van der Waals surface area contributed by atoms with Gasteiger partial charge in [-0.05, 0) is 19.4 Å². The molecule has 0 amide bonds. The molecule has 3 rings (SSSR count). The molecule has 2 fully saturated rings. The topological polar surface area (TPSA) is 45.4 Å². The van der Waals surface area contributed by atoms with Gasteiger partial charge in [0.15, 0.2) is 5.13 Å². The van der Waals surface area contributed by atoms with Gasteiger partial charge in [0, 0.05) is 43.3 Å². The monoisotopic (exact) mass is 252 g/mol. The summed E-state index contributed by atoms with van der Waals surface area (Å²) in [6.45, 7) is 5.37. The van der Waals surface area contributed by atoms with Crippen molar-refractivity contribution in [2.75, 3.05) is 31.1 Å². The molecule has 1 atom stereocenters. The molecule has 0 bridgehead atoms. The summed E-state index contributed by atoms with van der Waals surface area (Å²) < 4.78 is 0. The van der Waals surface area contributed by atoms with Gasteiger partial charge in [-0.25, -0.2) is 4.98 Å². The first kappa shape index (κ1) is 11.4. The number of aromatic nitrogens is 1. The van der Waals surface area contributed by atoms with Crippen molar-refractivity contribution in [2.45, 2.75) is 31.8 Å². The van der Waals surface area contributed by atoms with Gasteiger partial charge in [-0.3, -0.25) is 4.90 Å². The third-order valence-corrected chi connectivity index (χ3v) is 4.93. The van der Waals surface area contributed by atoms with Crippen molar-refractivity contribution in [1.29, 1.82) is 0 Å². The summed E-state index contributed by atoms with van der Waals surface area (Å²) in [6, 6.07) is 0.753. The molecule has 3 heterocycles. The smallest absolute Gasteiger partial charge is 0.185 e. The van der Waals surface area contributed by atoms with E-state index in [9.17, 15) is 0 Å². The van der Waals surface area contributed by atoms with Crippen LogP contribution in [0, 0.1) is 0 Å². The first-order valence-electron chi connectivity index (χ1n) is 6.50. The fraction of sp³-hybridized carbons (Fsp3) is 0.750. The van der Waals surface area contributed by atoms with Crippen molar-refractivity contribution in [3.63, 3.8) is 0 Å². The van der Waals surface area contributed by atoms with E-state index < -0.39 is 0 Å². The number of piperazine rings is 1. The van der Waals surface area contributed by atoms with Gasteiger partial charge in [0.05, 0.1) is 0 Å². The summed E-state index contributed by atoms with van der Waals surface area (Å²) in [6.07, 6.45) is 6.05. The lowest BCUT2D eigenvalue weighted by molar-refractivity contribution is 0.133. The molecule has 0 aliphatic carbocycles. The van der Waals surface area contributed by atoms with E-state index in [0.717, 1.165) is 24.3 Å². The third-order valence-electron chi connectivity index (χ3n) is 3.85. The highest BCUT2D eigenvalue weighted by atomic mass is 32.1. The maximum Gasteiger partial charge on any atom is 0.185 e. The molecule has 4 nitrogen and oxygen atoms in total. The molecule has 17 heavy (non-hydrogen) atoms. The lowest BCUT2D eigenvalue weighted by Gasteiger charge is -2.44. The number of piperidine rings is 1. The minimum absolute atomic E-state index is 0.612. The second-order valence-electron chi connectivity index (χ2n) is 4.94. The summed E-state index contributed by atoms with van der Waals surface area (Å²) >= 11 is 1.75. The molecular formula is C12H20N4S. The fourth-order valence-corrected chi connectivity index (χ4v) is 3.69. The Labute approximate surface area is 106 Å². The Morgan fingerprint density at radius 1 is 1.35 bits per heavy atom. The quantitative estimate of drug-likeness (QED) is 0.861. The summed E-state index contributed by atoms with van der Waals surface area (Å²) in [5, 5.41) is 1.16. The molecule has 2 N–H and O–H groups in total. The molecule has 1 aromatic heterocycles. The van der Waals surface area contributed by atoms with Gasteiger partial charge in [-0.2, -0.15) is 0 Å². The van der Waals surface area contributed by atoms with Crippen LogP contribution in [0.2, 0.25) is 0 Å². The third kappa shape index (κ3) is 2.32. The number of nitrogens with zero attached hydrogens (tertiary/aromatic N) is 3. The van der Waals surface area contributed by atoms with Gasteiger partial charge in [-0.1, -0.05) is 6.42 Å². The molecule has 0 radical (unpaired) electrons. The van der Waals surface area contributed by atoms with E-state index in [4.69, 9.17) is 5.73 Å². The van der Waals surface area contributed by atoms with Crippen molar-refractivity contribution in [3.8, 4) is 0 Å². The fourth-order valence-electron chi connectivity index (χ4n) is 2.87. The Hall–Kier alpha value is -0.650. The lowest BCUT2D eigenvalue weighted by Crippen LogP contribution is -2.54. The Kier molecular flexibility index (Phi) is 3.31. The summed E-state index contributed by atoms with van der Waals surface area (Å²) in [5.74, 6) is 0. The van der Waals surface area contributed by atoms with Crippen LogP contribution in [0.3, 0.4) is 0 Å². The molecule has 94 valence electrons. The van der Waals surface area contributed by atoms with Gasteiger partial charge in [0.25, 0.3) is 0 Å². The zero-order valence-electron chi connectivity index (χ0n) is 10.1. The van der Waals surface area contributed by atoms with Crippen LogP contribution in [-0.2, 0) is 6.54 Å². The van der Waals surface area contributed by atoms with Crippen molar-refractivity contribution in [1.82, 2.24) is 9.88 Å². The van der Waals surface area contributed by atoms with Gasteiger partial charge in [0.1, 0.15) is 0 Å². The number of hydrogen-bond donors (Lipinski definition) is 1. The van der Waals surface area contributed by atoms with Crippen LogP contribution in [0.4, 0.5) is 5.13 Å². The number of anilines is 1. The molecule has 0 spiro atoms. The van der Waals surface area contributed by atoms with Crippen LogP contribution < -0.4 is 10.6 Å². The molecule has 2 aliphatic rings. The van der Waals surface area contributed by atoms with Crippen molar-refractivity contribution < 1.29 is 0 Å². The second kappa shape index (κ2) is 4.92. The Bertz CT molecular complexity index is 378. The summed E-state index contributed by atoms with van der Waals surface area (Å²) in [7, 11) is 0. The number of rotatable bonds is 2. The molecule has 1 unspecified atom stereocenters. The van der Waals surface area contributed by atoms with Crippen LogP contribution in [0.1, 0.15) is 24.1 Å². The molecule has 0 saturated carbocycles. The van der Waals surface area contributed by atoms with E-state index in [1.54, 1.807) is 11.3 Å². The van der Waals surface area contributed by atoms with Crippen LogP contribution >= 0.6 is 11.3 Å². The number of fused-ring (bicyclic) bond motifs is 1. The van der Waals surface area contributed by atoms with Gasteiger partial charge in [-0.15, -0.1) is 11.3 Å². The van der Waals surface area contributed by atoms with E-state index in [-0.39, 0.29) is 0 Å². The number of nitrogens with two attached hydrogens (primary N) is 1. The normalized spacial score (nSPS) is 25.9. The molecule has 2 aliphatic heterocycles. The maximum absolute atomic E-state index is 5.64. The van der Waals surface area contributed by atoms with Crippen LogP contribution in [0.15, 0.2) is 6.20 Å². The first-order valence-corrected chi connectivity index (χ1v) is 7.32. The molecule has 0 aromatic carbocycles. The minimum Gasteiger partial charge on any atom is -0.345 e. The van der Waals surface area contributed by atoms with E-state index >= 15 is 0 Å². The Balaban J connectivity index is 1.68. The first-order chi connectivity index (χ1) is 8.36. The van der Waals surface area contributed by atoms with E-state index in [0.29, 0.717) is 6.54 Å². The highest BCUT2D eigenvalue weighted by molar-refractivity contribution is 7.15. The predicted octanol–water partition coefficient (Wildman–Crippen LogP) is 1.28. The van der Waals surface area contributed by atoms with E-state index in [1.165, 1.54) is 37.2 Å². The van der Waals surface area contributed by atoms with Crippen molar-refractivity contribution in [3.05, 3.63) is 11.1 Å². The zero-order valence-corrected chi connectivity index (χ0v) is 11.0. The molecule has 5 heteroatoms.